The van der Waals surface area contributed by atoms with E-state index in [9.17, 15) is 27.3 Å². The van der Waals surface area contributed by atoms with E-state index in [0.717, 1.165) is 29.8 Å². The Bertz CT molecular complexity index is 1410. The summed E-state index contributed by atoms with van der Waals surface area (Å²) in [5.41, 5.74) is 1.04. The minimum absolute atomic E-state index is 0.115. The summed E-state index contributed by atoms with van der Waals surface area (Å²) in [7, 11) is -4.90. The summed E-state index contributed by atoms with van der Waals surface area (Å²) < 4.78 is 49.5. The fourth-order valence-electron chi connectivity index (χ4n) is 3.29. The predicted molar refractivity (Wildman–Crippen MR) is 124 cm³/mol. The predicted octanol–water partition coefficient (Wildman–Crippen LogP) is 3.97. The maximum atomic E-state index is 13.3. The van der Waals surface area contributed by atoms with Crippen molar-refractivity contribution in [2.75, 3.05) is 9.62 Å². The standard InChI is InChI=1S/C23H19FN4O5S/c24-18-5-8-20(9-6-18)28(34(31,32)33)21-13-19(7-10-22(21)29)26-23(30)17-3-1-16(2-4-17)14-27-12-11-25-15-27/h1-13,15,29H,14H2,(H,26,30)(H,31,32,33). The molecule has 0 saturated carbocycles. The van der Waals surface area contributed by atoms with Crippen molar-refractivity contribution in [2.24, 2.45) is 0 Å². The Morgan fingerprint density at radius 3 is 2.38 bits per heavy atom. The highest BCUT2D eigenvalue weighted by Gasteiger charge is 2.25. The van der Waals surface area contributed by atoms with Crippen molar-refractivity contribution in [2.45, 2.75) is 6.54 Å². The lowest BCUT2D eigenvalue weighted by Crippen LogP contribution is -2.25. The first-order valence-electron chi connectivity index (χ1n) is 9.93. The van der Waals surface area contributed by atoms with Crippen LogP contribution in [0, 0.1) is 5.82 Å². The molecule has 0 fully saturated rings. The summed E-state index contributed by atoms with van der Waals surface area (Å²) in [6.45, 7) is 0.595. The molecule has 4 aromatic rings. The summed E-state index contributed by atoms with van der Waals surface area (Å²) >= 11 is 0. The van der Waals surface area contributed by atoms with Crippen LogP contribution >= 0.6 is 0 Å². The Balaban J connectivity index is 1.57. The van der Waals surface area contributed by atoms with Crippen LogP contribution in [0.5, 0.6) is 5.75 Å². The fourth-order valence-corrected chi connectivity index (χ4v) is 4.08. The number of nitrogens with zero attached hydrogens (tertiary/aromatic N) is 3. The van der Waals surface area contributed by atoms with E-state index < -0.39 is 27.8 Å². The maximum absolute atomic E-state index is 13.3. The molecular weight excluding hydrogens is 463 g/mol. The van der Waals surface area contributed by atoms with E-state index in [-0.39, 0.29) is 17.1 Å². The second-order valence-electron chi connectivity index (χ2n) is 7.31. The number of carbonyl (C=O) groups excluding carboxylic acids is 1. The lowest BCUT2D eigenvalue weighted by Gasteiger charge is -2.22. The van der Waals surface area contributed by atoms with Gasteiger partial charge in [0.15, 0.2) is 0 Å². The third-order valence-corrected chi connectivity index (χ3v) is 5.75. The van der Waals surface area contributed by atoms with Crippen molar-refractivity contribution < 1.29 is 27.3 Å². The van der Waals surface area contributed by atoms with Gasteiger partial charge in [0.2, 0.25) is 0 Å². The van der Waals surface area contributed by atoms with Crippen LogP contribution in [0.1, 0.15) is 15.9 Å². The molecule has 0 aliphatic rings. The van der Waals surface area contributed by atoms with E-state index in [0.29, 0.717) is 16.4 Å². The first-order valence-corrected chi connectivity index (χ1v) is 11.3. The van der Waals surface area contributed by atoms with E-state index in [4.69, 9.17) is 0 Å². The van der Waals surface area contributed by atoms with Crippen LogP contribution in [0.15, 0.2) is 85.5 Å². The number of nitrogens with one attached hydrogen (secondary N) is 1. The third kappa shape index (κ3) is 5.22. The third-order valence-electron chi connectivity index (χ3n) is 4.88. The summed E-state index contributed by atoms with van der Waals surface area (Å²) in [6, 6.07) is 14.9. The van der Waals surface area contributed by atoms with E-state index in [1.807, 2.05) is 10.8 Å². The van der Waals surface area contributed by atoms with Gasteiger partial charge in [-0.3, -0.25) is 9.35 Å². The van der Waals surface area contributed by atoms with Gasteiger partial charge in [-0.2, -0.15) is 8.42 Å². The normalized spacial score (nSPS) is 11.2. The molecule has 1 amide bonds. The molecule has 0 saturated heterocycles. The van der Waals surface area contributed by atoms with Crippen LogP contribution in [0.25, 0.3) is 0 Å². The Labute approximate surface area is 194 Å². The smallest absolute Gasteiger partial charge is 0.364 e. The highest BCUT2D eigenvalue weighted by Crippen LogP contribution is 2.37. The summed E-state index contributed by atoms with van der Waals surface area (Å²) in [6.07, 6.45) is 5.18. The first kappa shape index (κ1) is 23.0. The summed E-state index contributed by atoms with van der Waals surface area (Å²) in [5.74, 6) is -1.56. The average Bonchev–Trinajstić information content (AvgIpc) is 3.30. The molecule has 1 heterocycles. The highest BCUT2D eigenvalue weighted by atomic mass is 32.2. The topological polar surface area (TPSA) is 125 Å². The van der Waals surface area contributed by atoms with E-state index in [1.54, 1.807) is 36.8 Å². The van der Waals surface area contributed by atoms with Crippen molar-refractivity contribution in [3.8, 4) is 5.75 Å². The van der Waals surface area contributed by atoms with Crippen molar-refractivity contribution in [3.63, 3.8) is 0 Å². The number of hydrogen-bond acceptors (Lipinski definition) is 5. The highest BCUT2D eigenvalue weighted by molar-refractivity contribution is 7.87. The molecule has 0 spiro atoms. The molecule has 0 unspecified atom stereocenters. The van der Waals surface area contributed by atoms with E-state index in [1.165, 1.54) is 18.2 Å². The van der Waals surface area contributed by atoms with Crippen molar-refractivity contribution in [3.05, 3.63) is 102 Å². The fraction of sp³-hybridized carbons (Fsp3) is 0.0435. The number of imidazole rings is 1. The number of benzene rings is 3. The molecule has 9 nitrogen and oxygen atoms in total. The monoisotopic (exact) mass is 482 g/mol. The molecular formula is C23H19FN4O5S. The van der Waals surface area contributed by atoms with Gasteiger partial charge in [-0.15, -0.1) is 0 Å². The van der Waals surface area contributed by atoms with Gasteiger partial charge < -0.3 is 15.0 Å². The second-order valence-corrected chi connectivity index (χ2v) is 8.57. The molecule has 1 aromatic heterocycles. The summed E-state index contributed by atoms with van der Waals surface area (Å²) in [5, 5.41) is 12.9. The molecule has 174 valence electrons. The van der Waals surface area contributed by atoms with E-state index in [2.05, 4.69) is 10.3 Å². The zero-order chi connectivity index (χ0) is 24.3. The van der Waals surface area contributed by atoms with Gasteiger partial charge in [0.1, 0.15) is 17.3 Å². The van der Waals surface area contributed by atoms with Crippen molar-refractivity contribution >= 4 is 33.3 Å². The van der Waals surface area contributed by atoms with Gasteiger partial charge in [-0.05, 0) is 60.2 Å². The SMILES string of the molecule is O=C(Nc1ccc(O)c(N(c2ccc(F)cc2)S(=O)(=O)O)c1)c1ccc(Cn2ccnc2)cc1. The Morgan fingerprint density at radius 2 is 1.76 bits per heavy atom. The average molecular weight is 482 g/mol. The van der Waals surface area contributed by atoms with Crippen LogP contribution < -0.4 is 9.62 Å². The number of rotatable bonds is 7. The molecule has 11 heteroatoms. The van der Waals surface area contributed by atoms with Gasteiger partial charge in [0, 0.05) is 30.2 Å². The number of halogens is 1. The van der Waals surface area contributed by atoms with Gasteiger partial charge >= 0.3 is 10.3 Å². The number of phenols is 1. The number of aromatic nitrogens is 2. The molecule has 3 aromatic carbocycles. The number of anilines is 3. The molecule has 34 heavy (non-hydrogen) atoms. The molecule has 3 N–H and O–H groups in total. The van der Waals surface area contributed by atoms with Gasteiger partial charge in [-0.25, -0.2) is 13.7 Å². The van der Waals surface area contributed by atoms with Crippen LogP contribution in [0.4, 0.5) is 21.5 Å². The molecule has 4 rings (SSSR count). The van der Waals surface area contributed by atoms with Gasteiger partial charge in [-0.1, -0.05) is 12.1 Å². The first-order chi connectivity index (χ1) is 16.2. The second kappa shape index (κ2) is 9.33. The zero-order valence-corrected chi connectivity index (χ0v) is 18.4. The number of carbonyl (C=O) groups is 1. The minimum atomic E-state index is -4.90. The lowest BCUT2D eigenvalue weighted by atomic mass is 10.1. The zero-order valence-electron chi connectivity index (χ0n) is 17.5. The lowest BCUT2D eigenvalue weighted by molar-refractivity contribution is 0.102. The van der Waals surface area contributed by atoms with Crippen LogP contribution in [0.2, 0.25) is 0 Å². The number of hydrogen-bond donors (Lipinski definition) is 3. The van der Waals surface area contributed by atoms with Crippen LogP contribution in [0.3, 0.4) is 0 Å². The van der Waals surface area contributed by atoms with Gasteiger partial charge in [0.05, 0.1) is 12.0 Å². The van der Waals surface area contributed by atoms with Crippen LogP contribution in [-0.4, -0.2) is 33.5 Å². The van der Waals surface area contributed by atoms with E-state index >= 15 is 0 Å². The Morgan fingerprint density at radius 1 is 1.06 bits per heavy atom. The number of phenolic OH excluding ortho intramolecular Hbond substituents is 1. The molecule has 0 atom stereocenters. The minimum Gasteiger partial charge on any atom is -0.506 e. The Hall–Kier alpha value is -4.22. The van der Waals surface area contributed by atoms with Crippen molar-refractivity contribution in [1.82, 2.24) is 9.55 Å². The number of aromatic hydroxyl groups is 1. The van der Waals surface area contributed by atoms with Gasteiger partial charge in [0.25, 0.3) is 5.91 Å². The molecule has 0 radical (unpaired) electrons. The quantitative estimate of drug-likeness (QED) is 0.270. The Kier molecular flexibility index (Phi) is 6.30. The van der Waals surface area contributed by atoms with Crippen molar-refractivity contribution in [1.29, 1.82) is 0 Å². The maximum Gasteiger partial charge on any atom is 0.364 e. The summed E-state index contributed by atoms with van der Waals surface area (Å²) in [4.78, 5) is 16.7. The molecule has 0 bridgehead atoms. The number of amides is 1. The molecule has 0 aliphatic carbocycles. The molecule has 0 aliphatic heterocycles. The largest absolute Gasteiger partial charge is 0.506 e. The van der Waals surface area contributed by atoms with Crippen LogP contribution in [-0.2, 0) is 16.8 Å².